The lowest BCUT2D eigenvalue weighted by Crippen LogP contribution is -2.26. The van der Waals surface area contributed by atoms with Gasteiger partial charge in [0.25, 0.3) is 5.69 Å². The van der Waals surface area contributed by atoms with Crippen LogP contribution in [0.25, 0.3) is 0 Å². The Balaban J connectivity index is 2.04. The van der Waals surface area contributed by atoms with Crippen molar-refractivity contribution in [2.24, 2.45) is 5.73 Å². The average Bonchev–Trinajstić information content (AvgIpc) is 2.91. The Bertz CT molecular complexity index is 512. The zero-order valence-electron chi connectivity index (χ0n) is 11.2. The van der Waals surface area contributed by atoms with Crippen LogP contribution in [-0.4, -0.2) is 41.9 Å². The zero-order chi connectivity index (χ0) is 14.5. The number of nitrogens with one attached hydrogen (secondary N) is 1. The number of nitro groups is 1. The van der Waals surface area contributed by atoms with Gasteiger partial charge in [-0.3, -0.25) is 14.9 Å². The summed E-state index contributed by atoms with van der Waals surface area (Å²) in [6.07, 6.45) is 2.41. The Hall–Kier alpha value is -2.15. The van der Waals surface area contributed by atoms with Crippen molar-refractivity contribution < 1.29 is 9.72 Å². The monoisotopic (exact) mass is 278 g/mol. The number of likely N-dealkylation sites (tertiary alicyclic amines) is 1. The first-order valence-corrected chi connectivity index (χ1v) is 6.62. The van der Waals surface area contributed by atoms with Gasteiger partial charge < -0.3 is 16.0 Å². The van der Waals surface area contributed by atoms with Gasteiger partial charge in [0.05, 0.1) is 4.92 Å². The fraction of sp³-hybridized carbons (Fsp3) is 0.462. The number of hydrogen-bond donors (Lipinski definition) is 2. The molecule has 0 aliphatic carbocycles. The molecular weight excluding hydrogens is 260 g/mol. The molecule has 1 saturated heterocycles. The van der Waals surface area contributed by atoms with E-state index in [0.29, 0.717) is 12.2 Å². The van der Waals surface area contributed by atoms with Crippen LogP contribution in [0.4, 0.5) is 11.4 Å². The van der Waals surface area contributed by atoms with Crippen molar-refractivity contribution in [2.45, 2.75) is 12.8 Å². The van der Waals surface area contributed by atoms with Gasteiger partial charge in [0.1, 0.15) is 5.69 Å². The summed E-state index contributed by atoms with van der Waals surface area (Å²) in [5.41, 5.74) is 5.75. The Morgan fingerprint density at radius 3 is 2.70 bits per heavy atom. The number of nitro benzene ring substituents is 1. The van der Waals surface area contributed by atoms with Gasteiger partial charge in [-0.2, -0.15) is 0 Å². The van der Waals surface area contributed by atoms with Gasteiger partial charge in [-0.05, 0) is 38.1 Å². The highest BCUT2D eigenvalue weighted by Gasteiger charge is 2.16. The molecule has 0 spiro atoms. The van der Waals surface area contributed by atoms with Crippen LogP contribution in [0.15, 0.2) is 18.2 Å². The van der Waals surface area contributed by atoms with Gasteiger partial charge in [-0.1, -0.05) is 0 Å². The SMILES string of the molecule is NC(=O)c1ccc([N+](=O)[O-])c(NCCN2CCCC2)c1. The van der Waals surface area contributed by atoms with Gasteiger partial charge >= 0.3 is 0 Å². The fourth-order valence-electron chi connectivity index (χ4n) is 2.35. The number of hydrogen-bond acceptors (Lipinski definition) is 5. The van der Waals surface area contributed by atoms with E-state index in [9.17, 15) is 14.9 Å². The average molecular weight is 278 g/mol. The second-order valence-electron chi connectivity index (χ2n) is 4.83. The predicted molar refractivity (Wildman–Crippen MR) is 75.8 cm³/mol. The molecule has 108 valence electrons. The Labute approximate surface area is 116 Å². The number of carbonyl (C=O) groups is 1. The molecule has 0 unspecified atom stereocenters. The van der Waals surface area contributed by atoms with Crippen molar-refractivity contribution in [3.8, 4) is 0 Å². The van der Waals surface area contributed by atoms with Crippen molar-refractivity contribution in [1.29, 1.82) is 0 Å². The van der Waals surface area contributed by atoms with Gasteiger partial charge in [0.2, 0.25) is 5.91 Å². The number of nitrogens with zero attached hydrogens (tertiary/aromatic N) is 2. The van der Waals surface area contributed by atoms with Crippen LogP contribution in [0.1, 0.15) is 23.2 Å². The van der Waals surface area contributed by atoms with Crippen LogP contribution < -0.4 is 11.1 Å². The van der Waals surface area contributed by atoms with E-state index in [1.54, 1.807) is 0 Å². The third-order valence-electron chi connectivity index (χ3n) is 3.42. The molecule has 1 fully saturated rings. The molecule has 1 aliphatic rings. The van der Waals surface area contributed by atoms with Crippen LogP contribution in [-0.2, 0) is 0 Å². The summed E-state index contributed by atoms with van der Waals surface area (Å²) < 4.78 is 0. The minimum absolute atomic E-state index is 0.0450. The molecule has 7 nitrogen and oxygen atoms in total. The van der Waals surface area contributed by atoms with Crippen molar-refractivity contribution >= 4 is 17.3 Å². The van der Waals surface area contributed by atoms with Crippen molar-refractivity contribution in [2.75, 3.05) is 31.5 Å². The van der Waals surface area contributed by atoms with Gasteiger partial charge in [0, 0.05) is 24.7 Å². The number of benzene rings is 1. The first-order chi connectivity index (χ1) is 9.58. The first kappa shape index (κ1) is 14.3. The van der Waals surface area contributed by atoms with E-state index < -0.39 is 10.8 Å². The molecule has 0 radical (unpaired) electrons. The summed E-state index contributed by atoms with van der Waals surface area (Å²) >= 11 is 0. The standard InChI is InChI=1S/C13H18N4O3/c14-13(18)10-3-4-12(17(19)20)11(9-10)15-5-8-16-6-1-2-7-16/h3-4,9,15H,1-2,5-8H2,(H2,14,18). The van der Waals surface area contributed by atoms with Crippen LogP contribution >= 0.6 is 0 Å². The molecule has 1 aromatic rings. The summed E-state index contributed by atoms with van der Waals surface area (Å²) in [4.78, 5) is 23.9. The van der Waals surface area contributed by atoms with E-state index in [1.165, 1.54) is 31.0 Å². The number of primary amides is 1. The number of rotatable bonds is 6. The Kier molecular flexibility index (Phi) is 4.52. The minimum atomic E-state index is -0.595. The first-order valence-electron chi connectivity index (χ1n) is 6.62. The van der Waals surface area contributed by atoms with Gasteiger partial charge in [0.15, 0.2) is 0 Å². The van der Waals surface area contributed by atoms with Gasteiger partial charge in [-0.25, -0.2) is 0 Å². The van der Waals surface area contributed by atoms with E-state index in [4.69, 9.17) is 5.73 Å². The molecule has 0 saturated carbocycles. The zero-order valence-corrected chi connectivity index (χ0v) is 11.2. The predicted octanol–water partition coefficient (Wildman–Crippen LogP) is 1.20. The van der Waals surface area contributed by atoms with Crippen LogP contribution in [0.5, 0.6) is 0 Å². The molecule has 0 atom stereocenters. The highest BCUT2D eigenvalue weighted by atomic mass is 16.6. The van der Waals surface area contributed by atoms with Crippen LogP contribution in [0.3, 0.4) is 0 Å². The van der Waals surface area contributed by atoms with E-state index in [1.807, 2.05) is 0 Å². The smallest absolute Gasteiger partial charge is 0.292 e. The van der Waals surface area contributed by atoms with E-state index in [-0.39, 0.29) is 11.3 Å². The minimum Gasteiger partial charge on any atom is -0.378 e. The number of nitrogens with two attached hydrogens (primary N) is 1. The molecule has 1 aromatic carbocycles. The Morgan fingerprint density at radius 1 is 1.40 bits per heavy atom. The van der Waals surface area contributed by atoms with E-state index >= 15 is 0 Å². The normalized spacial score (nSPS) is 15.2. The molecule has 0 aromatic heterocycles. The van der Waals surface area contributed by atoms with Gasteiger partial charge in [-0.15, -0.1) is 0 Å². The molecule has 7 heteroatoms. The van der Waals surface area contributed by atoms with Crippen molar-refractivity contribution in [3.05, 3.63) is 33.9 Å². The summed E-state index contributed by atoms with van der Waals surface area (Å²) in [7, 11) is 0. The maximum absolute atomic E-state index is 11.1. The third kappa shape index (κ3) is 3.45. The summed E-state index contributed by atoms with van der Waals surface area (Å²) in [5, 5.41) is 14.0. The molecular formula is C13H18N4O3. The molecule has 20 heavy (non-hydrogen) atoms. The molecule has 3 N–H and O–H groups in total. The van der Waals surface area contributed by atoms with Crippen molar-refractivity contribution in [3.63, 3.8) is 0 Å². The maximum atomic E-state index is 11.1. The quantitative estimate of drug-likeness (QED) is 0.601. The van der Waals surface area contributed by atoms with Crippen molar-refractivity contribution in [1.82, 2.24) is 4.90 Å². The van der Waals surface area contributed by atoms with E-state index in [0.717, 1.165) is 19.6 Å². The van der Waals surface area contributed by atoms with Crippen LogP contribution in [0, 0.1) is 10.1 Å². The number of anilines is 1. The highest BCUT2D eigenvalue weighted by molar-refractivity contribution is 5.94. The Morgan fingerprint density at radius 2 is 2.10 bits per heavy atom. The second-order valence-corrected chi connectivity index (χ2v) is 4.83. The highest BCUT2D eigenvalue weighted by Crippen LogP contribution is 2.25. The lowest BCUT2D eigenvalue weighted by molar-refractivity contribution is -0.384. The fourth-order valence-corrected chi connectivity index (χ4v) is 2.35. The maximum Gasteiger partial charge on any atom is 0.292 e. The molecule has 1 heterocycles. The molecule has 2 rings (SSSR count). The molecule has 1 aliphatic heterocycles. The topological polar surface area (TPSA) is 102 Å². The van der Waals surface area contributed by atoms with E-state index in [2.05, 4.69) is 10.2 Å². The lowest BCUT2D eigenvalue weighted by atomic mass is 10.1. The summed E-state index contributed by atoms with van der Waals surface area (Å²) in [6, 6.07) is 4.11. The summed E-state index contributed by atoms with van der Waals surface area (Å²) in [6.45, 7) is 3.58. The largest absolute Gasteiger partial charge is 0.378 e. The summed E-state index contributed by atoms with van der Waals surface area (Å²) in [5.74, 6) is -0.595. The number of carbonyl (C=O) groups excluding carboxylic acids is 1. The second kappa shape index (κ2) is 6.33. The third-order valence-corrected chi connectivity index (χ3v) is 3.42. The lowest BCUT2D eigenvalue weighted by Gasteiger charge is -2.15. The van der Waals surface area contributed by atoms with Crippen LogP contribution in [0.2, 0.25) is 0 Å². The molecule has 1 amide bonds. The number of amides is 1. The molecule has 0 bridgehead atoms.